The highest BCUT2D eigenvalue weighted by Crippen LogP contribution is 2.22. The van der Waals surface area contributed by atoms with Crippen molar-refractivity contribution in [1.82, 2.24) is 9.88 Å². The van der Waals surface area contributed by atoms with Crippen molar-refractivity contribution in [2.45, 2.75) is 39.3 Å². The standard InChI is InChI=1S/C15H24N2O3S/c1-4-20-11(2)14-16-13(10-21-14)8-17(3)15(18)12-6-5-7-19-9-12/h10-12H,4-9H2,1-3H3/t11-,12-/m0/s1. The van der Waals surface area contributed by atoms with Crippen molar-refractivity contribution in [3.63, 3.8) is 0 Å². The van der Waals surface area contributed by atoms with Gasteiger partial charge < -0.3 is 14.4 Å². The first kappa shape index (κ1) is 16.4. The highest BCUT2D eigenvalue weighted by Gasteiger charge is 2.25. The van der Waals surface area contributed by atoms with Crippen LogP contribution in [0.2, 0.25) is 0 Å². The van der Waals surface area contributed by atoms with Gasteiger partial charge in [-0.25, -0.2) is 4.98 Å². The summed E-state index contributed by atoms with van der Waals surface area (Å²) in [5.74, 6) is 0.159. The number of thiazole rings is 1. The largest absolute Gasteiger partial charge is 0.381 e. The van der Waals surface area contributed by atoms with Gasteiger partial charge in [0.25, 0.3) is 0 Å². The van der Waals surface area contributed by atoms with E-state index < -0.39 is 0 Å². The van der Waals surface area contributed by atoms with Gasteiger partial charge in [-0.3, -0.25) is 4.79 Å². The number of carbonyl (C=O) groups excluding carboxylic acids is 1. The van der Waals surface area contributed by atoms with Crippen molar-refractivity contribution in [3.05, 3.63) is 16.1 Å². The summed E-state index contributed by atoms with van der Waals surface area (Å²) in [6.07, 6.45) is 1.91. The number of amides is 1. The van der Waals surface area contributed by atoms with E-state index in [0.717, 1.165) is 30.2 Å². The molecule has 0 aliphatic carbocycles. The number of hydrogen-bond acceptors (Lipinski definition) is 5. The second kappa shape index (κ2) is 7.87. The summed E-state index contributed by atoms with van der Waals surface area (Å²) in [5, 5.41) is 2.97. The predicted octanol–water partition coefficient (Wildman–Crippen LogP) is 2.63. The van der Waals surface area contributed by atoms with E-state index in [1.165, 1.54) is 0 Å². The Balaban J connectivity index is 1.89. The van der Waals surface area contributed by atoms with Crippen LogP contribution in [0, 0.1) is 5.92 Å². The van der Waals surface area contributed by atoms with Crippen LogP contribution in [0.4, 0.5) is 0 Å². The Morgan fingerprint density at radius 2 is 2.48 bits per heavy atom. The summed E-state index contributed by atoms with van der Waals surface area (Å²) in [6.45, 7) is 6.52. The fraction of sp³-hybridized carbons (Fsp3) is 0.733. The van der Waals surface area contributed by atoms with E-state index in [-0.39, 0.29) is 17.9 Å². The molecule has 0 aromatic carbocycles. The number of rotatable bonds is 6. The molecule has 0 bridgehead atoms. The van der Waals surface area contributed by atoms with E-state index in [1.54, 1.807) is 16.2 Å². The maximum atomic E-state index is 12.3. The SMILES string of the molecule is CCO[C@@H](C)c1nc(CN(C)C(=O)[C@H]2CCCOC2)cs1. The Kier molecular flexibility index (Phi) is 6.14. The molecule has 1 aliphatic rings. The number of ether oxygens (including phenoxy) is 2. The molecule has 118 valence electrons. The van der Waals surface area contributed by atoms with Crippen LogP contribution in [-0.2, 0) is 20.8 Å². The lowest BCUT2D eigenvalue weighted by atomic mass is 10.0. The fourth-order valence-corrected chi connectivity index (χ4v) is 3.29. The highest BCUT2D eigenvalue weighted by molar-refractivity contribution is 7.09. The van der Waals surface area contributed by atoms with Gasteiger partial charge in [-0.15, -0.1) is 11.3 Å². The molecule has 2 atom stereocenters. The average Bonchev–Trinajstić information content (AvgIpc) is 2.96. The van der Waals surface area contributed by atoms with Gasteiger partial charge >= 0.3 is 0 Å². The molecule has 1 aromatic heterocycles. The molecule has 6 heteroatoms. The van der Waals surface area contributed by atoms with Crippen LogP contribution in [0.15, 0.2) is 5.38 Å². The molecule has 21 heavy (non-hydrogen) atoms. The molecule has 2 rings (SSSR count). The van der Waals surface area contributed by atoms with E-state index in [1.807, 2.05) is 26.3 Å². The third kappa shape index (κ3) is 4.49. The molecule has 1 fully saturated rings. The minimum atomic E-state index is 0.00389. The molecular formula is C15H24N2O3S. The molecule has 1 saturated heterocycles. The summed E-state index contributed by atoms with van der Waals surface area (Å²) in [6, 6.07) is 0. The number of carbonyl (C=O) groups is 1. The monoisotopic (exact) mass is 312 g/mol. The summed E-state index contributed by atoms with van der Waals surface area (Å²) in [4.78, 5) is 18.7. The maximum absolute atomic E-state index is 12.3. The Hall–Kier alpha value is -0.980. The summed E-state index contributed by atoms with van der Waals surface area (Å²) >= 11 is 1.59. The van der Waals surface area contributed by atoms with Crippen LogP contribution in [0.1, 0.15) is 43.5 Å². The molecule has 0 saturated carbocycles. The average molecular weight is 312 g/mol. The van der Waals surface area contributed by atoms with Crippen molar-refractivity contribution >= 4 is 17.2 Å². The van der Waals surface area contributed by atoms with Crippen molar-refractivity contribution in [2.75, 3.05) is 26.9 Å². The lowest BCUT2D eigenvalue weighted by Crippen LogP contribution is -2.36. The molecule has 0 unspecified atom stereocenters. The smallest absolute Gasteiger partial charge is 0.228 e. The Labute approximate surface area is 130 Å². The lowest BCUT2D eigenvalue weighted by molar-refractivity contribution is -0.138. The Morgan fingerprint density at radius 1 is 1.67 bits per heavy atom. The number of nitrogens with zero attached hydrogens (tertiary/aromatic N) is 2. The van der Waals surface area contributed by atoms with Crippen LogP contribution in [0.25, 0.3) is 0 Å². The van der Waals surface area contributed by atoms with Gasteiger partial charge in [0.1, 0.15) is 11.1 Å². The Morgan fingerprint density at radius 3 is 3.14 bits per heavy atom. The number of hydrogen-bond donors (Lipinski definition) is 0. The molecule has 5 nitrogen and oxygen atoms in total. The topological polar surface area (TPSA) is 51.7 Å². The second-order valence-corrected chi connectivity index (χ2v) is 6.27. The van der Waals surface area contributed by atoms with Gasteiger partial charge in [0.05, 0.1) is 24.8 Å². The van der Waals surface area contributed by atoms with Gasteiger partial charge in [0.2, 0.25) is 5.91 Å². The minimum Gasteiger partial charge on any atom is -0.381 e. The first-order chi connectivity index (χ1) is 10.1. The molecule has 0 spiro atoms. The first-order valence-electron chi connectivity index (χ1n) is 7.50. The molecule has 2 heterocycles. The van der Waals surface area contributed by atoms with Crippen molar-refractivity contribution in [1.29, 1.82) is 0 Å². The van der Waals surface area contributed by atoms with Gasteiger partial charge in [0, 0.05) is 25.6 Å². The van der Waals surface area contributed by atoms with E-state index in [4.69, 9.17) is 9.47 Å². The molecule has 1 aliphatic heterocycles. The van der Waals surface area contributed by atoms with Crippen LogP contribution in [0.3, 0.4) is 0 Å². The second-order valence-electron chi connectivity index (χ2n) is 5.38. The Bertz CT molecular complexity index is 458. The van der Waals surface area contributed by atoms with Crippen LogP contribution in [0.5, 0.6) is 0 Å². The summed E-state index contributed by atoms with van der Waals surface area (Å²) < 4.78 is 10.9. The minimum absolute atomic E-state index is 0.00389. The molecule has 1 amide bonds. The van der Waals surface area contributed by atoms with E-state index in [0.29, 0.717) is 19.8 Å². The first-order valence-corrected chi connectivity index (χ1v) is 8.38. The van der Waals surface area contributed by atoms with E-state index in [2.05, 4.69) is 4.98 Å². The highest BCUT2D eigenvalue weighted by atomic mass is 32.1. The zero-order valence-electron chi connectivity index (χ0n) is 13.0. The predicted molar refractivity (Wildman–Crippen MR) is 82.2 cm³/mol. The quantitative estimate of drug-likeness (QED) is 0.810. The van der Waals surface area contributed by atoms with Crippen LogP contribution < -0.4 is 0 Å². The van der Waals surface area contributed by atoms with Gasteiger partial charge in [0.15, 0.2) is 0 Å². The third-order valence-corrected chi connectivity index (χ3v) is 4.67. The molecule has 0 N–H and O–H groups in total. The van der Waals surface area contributed by atoms with Crippen molar-refractivity contribution in [3.8, 4) is 0 Å². The molecule has 0 radical (unpaired) electrons. The summed E-state index contributed by atoms with van der Waals surface area (Å²) in [5.41, 5.74) is 0.925. The zero-order chi connectivity index (χ0) is 15.2. The number of aromatic nitrogens is 1. The van der Waals surface area contributed by atoms with Crippen molar-refractivity contribution in [2.24, 2.45) is 5.92 Å². The molecular weight excluding hydrogens is 288 g/mol. The van der Waals surface area contributed by atoms with E-state index in [9.17, 15) is 4.79 Å². The molecule has 1 aromatic rings. The van der Waals surface area contributed by atoms with Gasteiger partial charge in [-0.2, -0.15) is 0 Å². The normalized spacial score (nSPS) is 20.2. The van der Waals surface area contributed by atoms with Crippen LogP contribution in [-0.4, -0.2) is 42.7 Å². The van der Waals surface area contributed by atoms with Crippen LogP contribution >= 0.6 is 11.3 Å². The summed E-state index contributed by atoms with van der Waals surface area (Å²) in [7, 11) is 1.84. The van der Waals surface area contributed by atoms with Gasteiger partial charge in [-0.05, 0) is 26.7 Å². The van der Waals surface area contributed by atoms with E-state index >= 15 is 0 Å². The lowest BCUT2D eigenvalue weighted by Gasteiger charge is -2.26. The fourth-order valence-electron chi connectivity index (χ4n) is 2.47. The van der Waals surface area contributed by atoms with Gasteiger partial charge in [-0.1, -0.05) is 0 Å². The maximum Gasteiger partial charge on any atom is 0.228 e. The third-order valence-electron chi connectivity index (χ3n) is 3.62. The van der Waals surface area contributed by atoms with Crippen molar-refractivity contribution < 1.29 is 14.3 Å². The zero-order valence-corrected chi connectivity index (χ0v) is 13.8.